The summed E-state index contributed by atoms with van der Waals surface area (Å²) in [6.07, 6.45) is 5.25. The molecule has 122 valence electrons. The van der Waals surface area contributed by atoms with Crippen LogP contribution in [-0.4, -0.2) is 22.1 Å². The van der Waals surface area contributed by atoms with Gasteiger partial charge in [-0.2, -0.15) is 0 Å². The average molecular weight is 333 g/mol. The molecule has 0 aliphatic heterocycles. The van der Waals surface area contributed by atoms with E-state index in [1.807, 2.05) is 42.3 Å². The first kappa shape index (κ1) is 15.9. The van der Waals surface area contributed by atoms with Gasteiger partial charge in [-0.3, -0.25) is 4.90 Å². The standard InChI is InChI=1S/C17H21ClN4O/c1-21-15(18)10-19-16(21)11-20-17(23)22(12-13-6-5-7-13)14-8-3-2-4-9-14/h2-4,8-10,13H,5-7,11-12H2,1H3,(H,20,23). The molecule has 3 rings (SSSR count). The van der Waals surface area contributed by atoms with E-state index >= 15 is 0 Å². The molecule has 0 radical (unpaired) electrons. The number of carbonyl (C=O) groups excluding carboxylic acids is 1. The Morgan fingerprint density at radius 2 is 2.13 bits per heavy atom. The monoisotopic (exact) mass is 332 g/mol. The lowest BCUT2D eigenvalue weighted by Crippen LogP contribution is -2.43. The zero-order valence-corrected chi connectivity index (χ0v) is 14.0. The average Bonchev–Trinajstić information content (AvgIpc) is 2.84. The van der Waals surface area contributed by atoms with Gasteiger partial charge in [0.2, 0.25) is 0 Å². The summed E-state index contributed by atoms with van der Waals surface area (Å²) in [6.45, 7) is 1.12. The molecule has 1 aromatic heterocycles. The Bertz CT molecular complexity index is 666. The van der Waals surface area contributed by atoms with Crippen LogP contribution in [0.1, 0.15) is 25.1 Å². The van der Waals surface area contributed by atoms with Crippen LogP contribution in [-0.2, 0) is 13.6 Å². The van der Waals surface area contributed by atoms with Crippen LogP contribution in [0.15, 0.2) is 36.5 Å². The maximum absolute atomic E-state index is 12.7. The molecule has 1 heterocycles. The van der Waals surface area contributed by atoms with Crippen molar-refractivity contribution in [1.82, 2.24) is 14.9 Å². The molecule has 0 atom stereocenters. The van der Waals surface area contributed by atoms with Crippen molar-refractivity contribution in [3.8, 4) is 0 Å². The number of nitrogens with zero attached hydrogens (tertiary/aromatic N) is 3. The van der Waals surface area contributed by atoms with Crippen molar-refractivity contribution in [2.45, 2.75) is 25.8 Å². The van der Waals surface area contributed by atoms with Crippen LogP contribution in [0.25, 0.3) is 0 Å². The highest BCUT2D eigenvalue weighted by molar-refractivity contribution is 6.29. The number of nitrogens with one attached hydrogen (secondary N) is 1. The second-order valence-electron chi connectivity index (χ2n) is 5.96. The van der Waals surface area contributed by atoms with Crippen molar-refractivity contribution in [3.05, 3.63) is 47.5 Å². The number of anilines is 1. The maximum atomic E-state index is 12.7. The van der Waals surface area contributed by atoms with Gasteiger partial charge in [-0.05, 0) is 30.9 Å². The smallest absolute Gasteiger partial charge is 0.322 e. The highest BCUT2D eigenvalue weighted by Crippen LogP contribution is 2.29. The van der Waals surface area contributed by atoms with E-state index < -0.39 is 0 Å². The number of carbonyl (C=O) groups is 1. The first-order chi connectivity index (χ1) is 11.1. The second-order valence-corrected chi connectivity index (χ2v) is 6.35. The van der Waals surface area contributed by atoms with Gasteiger partial charge >= 0.3 is 6.03 Å². The number of halogens is 1. The summed E-state index contributed by atoms with van der Waals surface area (Å²) >= 11 is 5.98. The molecule has 0 unspecified atom stereocenters. The quantitative estimate of drug-likeness (QED) is 0.909. The zero-order valence-electron chi connectivity index (χ0n) is 13.2. The van der Waals surface area contributed by atoms with Crippen LogP contribution in [0.2, 0.25) is 5.15 Å². The van der Waals surface area contributed by atoms with Gasteiger partial charge in [0.05, 0.1) is 12.7 Å². The minimum absolute atomic E-state index is 0.0952. The molecular formula is C17H21ClN4O. The lowest BCUT2D eigenvalue weighted by molar-refractivity contribution is 0.240. The summed E-state index contributed by atoms with van der Waals surface area (Å²) in [5.41, 5.74) is 0.926. The van der Waals surface area contributed by atoms with Crippen LogP contribution >= 0.6 is 11.6 Å². The molecule has 6 heteroatoms. The molecule has 1 aliphatic rings. The first-order valence-corrected chi connectivity index (χ1v) is 8.29. The zero-order chi connectivity index (χ0) is 16.2. The largest absolute Gasteiger partial charge is 0.330 e. The Morgan fingerprint density at radius 3 is 2.70 bits per heavy atom. The number of rotatable bonds is 5. The fourth-order valence-corrected chi connectivity index (χ4v) is 2.83. The van der Waals surface area contributed by atoms with Gasteiger partial charge in [-0.1, -0.05) is 36.2 Å². The third kappa shape index (κ3) is 3.67. The Hall–Kier alpha value is -2.01. The van der Waals surface area contributed by atoms with Gasteiger partial charge in [0.1, 0.15) is 11.0 Å². The first-order valence-electron chi connectivity index (χ1n) is 7.91. The van der Waals surface area contributed by atoms with Crippen molar-refractivity contribution in [1.29, 1.82) is 0 Å². The molecule has 1 fully saturated rings. The fourth-order valence-electron chi connectivity index (χ4n) is 2.69. The third-order valence-electron chi connectivity index (χ3n) is 4.40. The molecule has 0 bridgehead atoms. The Morgan fingerprint density at radius 1 is 1.39 bits per heavy atom. The van der Waals surface area contributed by atoms with Crippen molar-refractivity contribution in [2.24, 2.45) is 13.0 Å². The number of hydrogen-bond donors (Lipinski definition) is 1. The lowest BCUT2D eigenvalue weighted by atomic mass is 9.85. The number of benzene rings is 1. The number of aromatic nitrogens is 2. The summed E-state index contributed by atoms with van der Waals surface area (Å²) in [5, 5.41) is 3.51. The highest BCUT2D eigenvalue weighted by atomic mass is 35.5. The van der Waals surface area contributed by atoms with Gasteiger partial charge in [0.25, 0.3) is 0 Å². The highest BCUT2D eigenvalue weighted by Gasteiger charge is 2.24. The number of urea groups is 1. The number of imidazole rings is 1. The Balaban J connectivity index is 1.68. The SMILES string of the molecule is Cn1c(Cl)cnc1CNC(=O)N(CC1CCC1)c1ccccc1. The molecule has 2 aromatic rings. The molecule has 1 N–H and O–H groups in total. The topological polar surface area (TPSA) is 50.2 Å². The van der Waals surface area contributed by atoms with Gasteiger partial charge < -0.3 is 9.88 Å². The lowest BCUT2D eigenvalue weighted by Gasteiger charge is -2.32. The molecular weight excluding hydrogens is 312 g/mol. The molecule has 0 saturated heterocycles. The molecule has 2 amide bonds. The molecule has 23 heavy (non-hydrogen) atoms. The molecule has 1 saturated carbocycles. The molecule has 1 aliphatic carbocycles. The maximum Gasteiger partial charge on any atom is 0.322 e. The van der Waals surface area contributed by atoms with Gasteiger partial charge in [0.15, 0.2) is 0 Å². The van der Waals surface area contributed by atoms with Crippen LogP contribution in [0.5, 0.6) is 0 Å². The number of hydrogen-bond acceptors (Lipinski definition) is 2. The predicted molar refractivity (Wildman–Crippen MR) is 91.6 cm³/mol. The minimum Gasteiger partial charge on any atom is -0.330 e. The Labute approximate surface area is 141 Å². The minimum atomic E-state index is -0.0952. The van der Waals surface area contributed by atoms with Crippen LogP contribution < -0.4 is 10.2 Å². The van der Waals surface area contributed by atoms with E-state index in [1.165, 1.54) is 19.3 Å². The fraction of sp³-hybridized carbons (Fsp3) is 0.412. The van der Waals surface area contributed by atoms with Crippen LogP contribution in [0.4, 0.5) is 10.5 Å². The normalized spacial score (nSPS) is 14.3. The predicted octanol–water partition coefficient (Wildman–Crippen LogP) is 3.59. The molecule has 1 aromatic carbocycles. The molecule has 5 nitrogen and oxygen atoms in total. The van der Waals surface area contributed by atoms with E-state index in [4.69, 9.17) is 11.6 Å². The van der Waals surface area contributed by atoms with Gasteiger partial charge in [0, 0.05) is 19.3 Å². The number of para-hydroxylation sites is 1. The van der Waals surface area contributed by atoms with Crippen molar-refractivity contribution in [3.63, 3.8) is 0 Å². The van der Waals surface area contributed by atoms with Gasteiger partial charge in [-0.25, -0.2) is 9.78 Å². The summed E-state index contributed by atoms with van der Waals surface area (Å²) in [7, 11) is 1.83. The number of amides is 2. The van der Waals surface area contributed by atoms with Crippen molar-refractivity contribution >= 4 is 23.3 Å². The Kier molecular flexibility index (Phi) is 4.86. The van der Waals surface area contributed by atoms with E-state index in [9.17, 15) is 4.79 Å². The van der Waals surface area contributed by atoms with E-state index in [2.05, 4.69) is 10.3 Å². The third-order valence-corrected chi connectivity index (χ3v) is 4.76. The van der Waals surface area contributed by atoms with Crippen molar-refractivity contribution in [2.75, 3.05) is 11.4 Å². The molecule has 0 spiro atoms. The second kappa shape index (κ2) is 7.04. The van der Waals surface area contributed by atoms with E-state index in [0.29, 0.717) is 17.6 Å². The van der Waals surface area contributed by atoms with Crippen LogP contribution in [0.3, 0.4) is 0 Å². The van der Waals surface area contributed by atoms with E-state index in [0.717, 1.165) is 18.1 Å². The summed E-state index contributed by atoms with van der Waals surface area (Å²) < 4.78 is 1.76. The summed E-state index contributed by atoms with van der Waals surface area (Å²) in [4.78, 5) is 18.7. The van der Waals surface area contributed by atoms with E-state index in [1.54, 1.807) is 10.8 Å². The van der Waals surface area contributed by atoms with Gasteiger partial charge in [-0.15, -0.1) is 0 Å². The van der Waals surface area contributed by atoms with E-state index in [-0.39, 0.29) is 6.03 Å². The summed E-state index contributed by atoms with van der Waals surface area (Å²) in [6, 6.07) is 9.70. The van der Waals surface area contributed by atoms with Crippen molar-refractivity contribution < 1.29 is 4.79 Å². The summed E-state index contributed by atoms with van der Waals surface area (Å²) in [5.74, 6) is 1.34. The van der Waals surface area contributed by atoms with Crippen LogP contribution in [0, 0.1) is 5.92 Å².